The monoisotopic (exact) mass is 392 g/mol. The van der Waals surface area contributed by atoms with Gasteiger partial charge in [-0.1, -0.05) is 54.6 Å². The molecule has 0 saturated carbocycles. The highest BCUT2D eigenvalue weighted by Gasteiger charge is 2.23. The van der Waals surface area contributed by atoms with Crippen LogP contribution in [0, 0.1) is 12.7 Å². The zero-order valence-electron chi connectivity index (χ0n) is 15.9. The lowest BCUT2D eigenvalue weighted by atomic mass is 10.0. The van der Waals surface area contributed by atoms with Gasteiger partial charge in [-0.2, -0.15) is 0 Å². The van der Waals surface area contributed by atoms with Gasteiger partial charge in [-0.15, -0.1) is 0 Å². The van der Waals surface area contributed by atoms with E-state index in [1.54, 1.807) is 43.3 Å². The van der Waals surface area contributed by atoms with Crippen LogP contribution in [0.15, 0.2) is 78.9 Å². The predicted octanol–water partition coefficient (Wildman–Crippen LogP) is 4.47. The number of para-hydroxylation sites is 1. The average molecular weight is 392 g/mol. The second-order valence-electron chi connectivity index (χ2n) is 6.49. The molecule has 0 radical (unpaired) electrons. The molecule has 0 bridgehead atoms. The van der Waals surface area contributed by atoms with E-state index < -0.39 is 23.9 Å². The smallest absolute Gasteiger partial charge is 0.410 e. The summed E-state index contributed by atoms with van der Waals surface area (Å²) in [4.78, 5) is 25.2. The first-order valence-corrected chi connectivity index (χ1v) is 9.16. The van der Waals surface area contributed by atoms with E-state index in [-0.39, 0.29) is 6.42 Å². The van der Waals surface area contributed by atoms with Crippen LogP contribution in [0.3, 0.4) is 0 Å². The molecule has 0 fully saturated rings. The Balaban J connectivity index is 1.75. The number of nitrogens with one attached hydrogen (secondary N) is 2. The van der Waals surface area contributed by atoms with E-state index >= 15 is 0 Å². The van der Waals surface area contributed by atoms with Gasteiger partial charge in [0.05, 0.1) is 0 Å². The molecule has 3 rings (SSSR count). The zero-order valence-corrected chi connectivity index (χ0v) is 15.9. The second kappa shape index (κ2) is 9.50. The summed E-state index contributed by atoms with van der Waals surface area (Å²) in [5.41, 5.74) is 1.54. The maximum Gasteiger partial charge on any atom is 0.413 e. The normalized spacial score (nSPS) is 11.4. The van der Waals surface area contributed by atoms with Crippen molar-refractivity contribution in [3.63, 3.8) is 0 Å². The highest BCUT2D eigenvalue weighted by molar-refractivity contribution is 5.97. The second-order valence-corrected chi connectivity index (χ2v) is 6.49. The Hall–Kier alpha value is -3.67. The van der Waals surface area contributed by atoms with Gasteiger partial charge in [0.25, 0.3) is 0 Å². The summed E-state index contributed by atoms with van der Waals surface area (Å²) in [7, 11) is 0. The van der Waals surface area contributed by atoms with Gasteiger partial charge in [-0.05, 0) is 36.8 Å². The molecule has 0 aliphatic heterocycles. The van der Waals surface area contributed by atoms with Gasteiger partial charge >= 0.3 is 6.09 Å². The Morgan fingerprint density at radius 2 is 1.59 bits per heavy atom. The molecule has 3 aromatic rings. The summed E-state index contributed by atoms with van der Waals surface area (Å²) in [6, 6.07) is 21.4. The molecule has 0 aliphatic rings. The number of hydrogen-bond donors (Lipinski definition) is 2. The molecule has 1 atom stereocenters. The van der Waals surface area contributed by atoms with Crippen LogP contribution in [-0.2, 0) is 11.2 Å². The molecule has 2 N–H and O–H groups in total. The fourth-order valence-electron chi connectivity index (χ4n) is 2.79. The van der Waals surface area contributed by atoms with Crippen molar-refractivity contribution in [3.05, 3.63) is 95.8 Å². The van der Waals surface area contributed by atoms with E-state index in [0.717, 1.165) is 5.56 Å². The number of ether oxygens (including phenoxy) is 1. The number of halogens is 1. The first-order chi connectivity index (χ1) is 14.0. The summed E-state index contributed by atoms with van der Waals surface area (Å²) < 4.78 is 19.0. The predicted molar refractivity (Wildman–Crippen MR) is 109 cm³/mol. The van der Waals surface area contributed by atoms with E-state index in [0.29, 0.717) is 17.0 Å². The lowest BCUT2D eigenvalue weighted by molar-refractivity contribution is -0.118. The van der Waals surface area contributed by atoms with Crippen LogP contribution in [-0.4, -0.2) is 18.0 Å². The molecule has 0 unspecified atom stereocenters. The highest BCUT2D eigenvalue weighted by Crippen LogP contribution is 2.18. The molecule has 5 nitrogen and oxygen atoms in total. The third-order valence-electron chi connectivity index (χ3n) is 4.37. The SMILES string of the molecule is Cc1c(F)cccc1NC(=O)[C@H](Cc1ccccc1)NC(=O)Oc1ccccc1. The third kappa shape index (κ3) is 5.65. The van der Waals surface area contributed by atoms with E-state index in [4.69, 9.17) is 4.74 Å². The van der Waals surface area contributed by atoms with E-state index in [1.807, 2.05) is 30.3 Å². The standard InChI is InChI=1S/C23H21FN2O3/c1-16-19(24)13-8-14-20(16)25-22(27)21(15-17-9-4-2-5-10-17)26-23(28)29-18-11-6-3-7-12-18/h2-14,21H,15H2,1H3,(H,25,27)(H,26,28)/t21-/m0/s1. The van der Waals surface area contributed by atoms with Crippen molar-refractivity contribution < 1.29 is 18.7 Å². The van der Waals surface area contributed by atoms with Crippen molar-refractivity contribution in [2.45, 2.75) is 19.4 Å². The van der Waals surface area contributed by atoms with Gasteiger partial charge < -0.3 is 15.4 Å². The number of carbonyl (C=O) groups excluding carboxylic acids is 2. The number of anilines is 1. The van der Waals surface area contributed by atoms with Crippen LogP contribution in [0.5, 0.6) is 5.75 Å². The molecule has 3 aromatic carbocycles. The van der Waals surface area contributed by atoms with Crippen molar-refractivity contribution in [3.8, 4) is 5.75 Å². The number of carbonyl (C=O) groups is 2. The fourth-order valence-corrected chi connectivity index (χ4v) is 2.79. The Bertz CT molecular complexity index is 978. The van der Waals surface area contributed by atoms with Crippen LogP contribution in [0.1, 0.15) is 11.1 Å². The van der Waals surface area contributed by atoms with Crippen molar-refractivity contribution in [1.29, 1.82) is 0 Å². The maximum atomic E-state index is 13.8. The van der Waals surface area contributed by atoms with Crippen LogP contribution in [0.2, 0.25) is 0 Å². The molecule has 0 heterocycles. The maximum absolute atomic E-state index is 13.8. The molecule has 148 valence electrons. The zero-order chi connectivity index (χ0) is 20.6. The molecule has 6 heteroatoms. The van der Waals surface area contributed by atoms with Gasteiger partial charge in [0, 0.05) is 17.7 Å². The van der Waals surface area contributed by atoms with E-state index in [9.17, 15) is 14.0 Å². The Morgan fingerprint density at radius 3 is 2.28 bits per heavy atom. The topological polar surface area (TPSA) is 67.4 Å². The molecule has 29 heavy (non-hydrogen) atoms. The van der Waals surface area contributed by atoms with Gasteiger partial charge in [0.15, 0.2) is 0 Å². The Morgan fingerprint density at radius 1 is 0.931 bits per heavy atom. The number of hydrogen-bond acceptors (Lipinski definition) is 3. The third-order valence-corrected chi connectivity index (χ3v) is 4.37. The van der Waals surface area contributed by atoms with E-state index in [2.05, 4.69) is 10.6 Å². The molecule has 2 amide bonds. The van der Waals surface area contributed by atoms with E-state index in [1.165, 1.54) is 12.1 Å². The minimum atomic E-state index is -0.906. The largest absolute Gasteiger partial charge is 0.413 e. The average Bonchev–Trinajstić information content (AvgIpc) is 2.72. The van der Waals surface area contributed by atoms with Gasteiger partial charge in [0.1, 0.15) is 17.6 Å². The summed E-state index contributed by atoms with van der Waals surface area (Å²) in [5, 5.41) is 5.29. The molecule has 0 saturated heterocycles. The molecular weight excluding hydrogens is 371 g/mol. The van der Waals surface area contributed by atoms with Gasteiger partial charge in [-0.3, -0.25) is 4.79 Å². The summed E-state index contributed by atoms with van der Waals surface area (Å²) >= 11 is 0. The number of amides is 2. The van der Waals surface area contributed by atoms with Crippen molar-refractivity contribution in [2.75, 3.05) is 5.32 Å². The first-order valence-electron chi connectivity index (χ1n) is 9.16. The highest BCUT2D eigenvalue weighted by atomic mass is 19.1. The number of benzene rings is 3. The quantitative estimate of drug-likeness (QED) is 0.650. The van der Waals surface area contributed by atoms with Gasteiger partial charge in [0.2, 0.25) is 5.91 Å². The minimum Gasteiger partial charge on any atom is -0.410 e. The molecule has 0 aliphatic carbocycles. The summed E-state index contributed by atoms with van der Waals surface area (Å²) in [6.07, 6.45) is -0.492. The Labute approximate surface area is 168 Å². The van der Waals surface area contributed by atoms with Gasteiger partial charge in [-0.25, -0.2) is 9.18 Å². The van der Waals surface area contributed by atoms with Crippen LogP contribution >= 0.6 is 0 Å². The molecule has 0 spiro atoms. The van der Waals surface area contributed by atoms with Crippen LogP contribution < -0.4 is 15.4 Å². The molecule has 0 aromatic heterocycles. The first kappa shape index (κ1) is 20.1. The summed E-state index contributed by atoms with van der Waals surface area (Å²) in [5.74, 6) is -0.517. The van der Waals surface area contributed by atoms with Crippen molar-refractivity contribution >= 4 is 17.7 Å². The summed E-state index contributed by atoms with van der Waals surface area (Å²) in [6.45, 7) is 1.58. The molecular formula is C23H21FN2O3. The Kier molecular flexibility index (Phi) is 6.58. The van der Waals surface area contributed by atoms with Crippen LogP contribution in [0.4, 0.5) is 14.9 Å². The van der Waals surface area contributed by atoms with Crippen molar-refractivity contribution in [1.82, 2.24) is 5.32 Å². The lowest BCUT2D eigenvalue weighted by Gasteiger charge is -2.19. The minimum absolute atomic E-state index is 0.255. The number of rotatable bonds is 6. The fraction of sp³-hybridized carbons (Fsp3) is 0.130. The van der Waals surface area contributed by atoms with Crippen molar-refractivity contribution in [2.24, 2.45) is 0 Å². The van der Waals surface area contributed by atoms with Crippen LogP contribution in [0.25, 0.3) is 0 Å². The lowest BCUT2D eigenvalue weighted by Crippen LogP contribution is -2.46.